The van der Waals surface area contributed by atoms with Crippen molar-refractivity contribution in [2.75, 3.05) is 5.73 Å². The van der Waals surface area contributed by atoms with E-state index in [0.717, 1.165) is 19.3 Å². The normalized spacial score (nSPS) is 11.9. The van der Waals surface area contributed by atoms with Gasteiger partial charge < -0.3 is 5.73 Å². The highest BCUT2D eigenvalue weighted by molar-refractivity contribution is 5.41. The first-order valence-electron chi connectivity index (χ1n) is 8.53. The van der Waals surface area contributed by atoms with E-state index >= 15 is 0 Å². The van der Waals surface area contributed by atoms with E-state index in [4.69, 9.17) is 5.73 Å². The summed E-state index contributed by atoms with van der Waals surface area (Å²) in [7, 11) is 0. The highest BCUT2D eigenvalue weighted by Gasteiger charge is 2.10. The van der Waals surface area contributed by atoms with Gasteiger partial charge in [0.25, 0.3) is 0 Å². The highest BCUT2D eigenvalue weighted by atomic mass is 19.1. The van der Waals surface area contributed by atoms with Gasteiger partial charge in [-0.15, -0.1) is 0 Å². The van der Waals surface area contributed by atoms with E-state index in [1.165, 1.54) is 44.2 Å². The predicted octanol–water partition coefficient (Wildman–Crippen LogP) is 6.26. The maximum Gasteiger partial charge on any atom is 0.131 e. The van der Waals surface area contributed by atoms with Gasteiger partial charge in [0.1, 0.15) is 11.6 Å². The molecule has 22 heavy (non-hydrogen) atoms. The Labute approximate surface area is 134 Å². The Balaban J connectivity index is 2.09. The molecule has 0 fully saturated rings. The number of hydrogen-bond donors (Lipinski definition) is 1. The molecule has 0 bridgehead atoms. The van der Waals surface area contributed by atoms with Gasteiger partial charge in [0.05, 0.1) is 0 Å². The Hall–Kier alpha value is -1.12. The van der Waals surface area contributed by atoms with Gasteiger partial charge in [-0.05, 0) is 36.8 Å². The fraction of sp³-hybridized carbons (Fsp3) is 0.684. The van der Waals surface area contributed by atoms with E-state index in [9.17, 15) is 8.78 Å². The first-order chi connectivity index (χ1) is 10.3. The van der Waals surface area contributed by atoms with E-state index in [-0.39, 0.29) is 11.3 Å². The summed E-state index contributed by atoms with van der Waals surface area (Å²) >= 11 is 0. The maximum atomic E-state index is 13.6. The number of anilines is 1. The summed E-state index contributed by atoms with van der Waals surface area (Å²) in [6.45, 7) is 6.84. The van der Waals surface area contributed by atoms with Crippen LogP contribution in [-0.4, -0.2) is 0 Å². The zero-order chi connectivity index (χ0) is 16.6. The van der Waals surface area contributed by atoms with Crippen LogP contribution in [0.5, 0.6) is 0 Å². The lowest BCUT2D eigenvalue weighted by molar-refractivity contribution is 0.356. The van der Waals surface area contributed by atoms with Crippen molar-refractivity contribution in [3.63, 3.8) is 0 Å². The fourth-order valence-corrected chi connectivity index (χ4v) is 2.70. The van der Waals surface area contributed by atoms with Crippen molar-refractivity contribution in [2.24, 2.45) is 5.41 Å². The molecule has 0 spiro atoms. The molecular weight excluding hydrogens is 280 g/mol. The number of benzene rings is 1. The van der Waals surface area contributed by atoms with Gasteiger partial charge >= 0.3 is 0 Å². The molecule has 0 aromatic heterocycles. The summed E-state index contributed by atoms with van der Waals surface area (Å²) in [6, 6.07) is 2.40. The Bertz CT molecular complexity index is 426. The number of halogens is 2. The largest absolute Gasteiger partial charge is 0.399 e. The Morgan fingerprint density at radius 2 is 1.27 bits per heavy atom. The molecule has 2 N–H and O–H groups in total. The molecule has 1 nitrogen and oxygen atoms in total. The first kappa shape index (κ1) is 18.9. The van der Waals surface area contributed by atoms with Crippen molar-refractivity contribution >= 4 is 5.69 Å². The molecule has 0 saturated heterocycles. The van der Waals surface area contributed by atoms with Crippen LogP contribution >= 0.6 is 0 Å². The van der Waals surface area contributed by atoms with E-state index in [0.29, 0.717) is 11.8 Å². The molecule has 0 unspecified atom stereocenters. The molecule has 126 valence electrons. The molecule has 3 heteroatoms. The quantitative estimate of drug-likeness (QED) is 0.423. The van der Waals surface area contributed by atoms with Crippen LogP contribution in [0.1, 0.15) is 77.7 Å². The zero-order valence-corrected chi connectivity index (χ0v) is 14.4. The summed E-state index contributed by atoms with van der Waals surface area (Å²) in [5, 5.41) is 0. The van der Waals surface area contributed by atoms with Crippen molar-refractivity contribution in [3.05, 3.63) is 29.3 Å². The Morgan fingerprint density at radius 1 is 0.818 bits per heavy atom. The average molecular weight is 311 g/mol. The van der Waals surface area contributed by atoms with Crippen LogP contribution in [0.4, 0.5) is 14.5 Å². The van der Waals surface area contributed by atoms with Gasteiger partial charge in [-0.2, -0.15) is 0 Å². The lowest BCUT2D eigenvalue weighted by Gasteiger charge is -2.17. The maximum absolute atomic E-state index is 13.6. The second-order valence-electron chi connectivity index (χ2n) is 7.50. The van der Waals surface area contributed by atoms with Crippen LogP contribution < -0.4 is 5.73 Å². The van der Waals surface area contributed by atoms with Gasteiger partial charge in [-0.3, -0.25) is 0 Å². The lowest BCUT2D eigenvalue weighted by atomic mass is 9.89. The number of hydrogen-bond acceptors (Lipinski definition) is 1. The summed E-state index contributed by atoms with van der Waals surface area (Å²) in [5.74, 6) is -1.03. The average Bonchev–Trinajstić information content (AvgIpc) is 2.37. The smallest absolute Gasteiger partial charge is 0.131 e. The Kier molecular flexibility index (Phi) is 7.84. The van der Waals surface area contributed by atoms with Gasteiger partial charge in [0, 0.05) is 11.3 Å². The SMILES string of the molecule is CC(C)(C)CCCCCCCCCc1c(F)cc(N)cc1F. The van der Waals surface area contributed by atoms with Crippen molar-refractivity contribution in [1.29, 1.82) is 0 Å². The van der Waals surface area contributed by atoms with Crippen LogP contribution in [0.15, 0.2) is 12.1 Å². The van der Waals surface area contributed by atoms with Gasteiger partial charge in [-0.1, -0.05) is 59.3 Å². The number of unbranched alkanes of at least 4 members (excludes halogenated alkanes) is 6. The molecule has 0 aliphatic heterocycles. The number of nitrogen functional groups attached to an aromatic ring is 1. The van der Waals surface area contributed by atoms with Crippen LogP contribution in [-0.2, 0) is 6.42 Å². The minimum Gasteiger partial charge on any atom is -0.399 e. The second kappa shape index (κ2) is 9.12. The standard InChI is InChI=1S/C19H31F2N/c1-19(2,3)12-10-8-6-4-5-7-9-11-16-17(20)13-15(22)14-18(16)21/h13-14H,4-12,22H2,1-3H3. The monoisotopic (exact) mass is 311 g/mol. The third-order valence-electron chi connectivity index (χ3n) is 4.02. The van der Waals surface area contributed by atoms with Crippen molar-refractivity contribution in [2.45, 2.75) is 78.6 Å². The lowest BCUT2D eigenvalue weighted by Crippen LogP contribution is -2.03. The highest BCUT2D eigenvalue weighted by Crippen LogP contribution is 2.23. The predicted molar refractivity (Wildman–Crippen MR) is 90.9 cm³/mol. The molecule has 1 aromatic rings. The van der Waals surface area contributed by atoms with E-state index in [2.05, 4.69) is 20.8 Å². The summed E-state index contributed by atoms with van der Waals surface area (Å²) in [6.07, 6.45) is 9.82. The Morgan fingerprint density at radius 3 is 1.77 bits per heavy atom. The van der Waals surface area contributed by atoms with E-state index in [1.54, 1.807) is 0 Å². The minimum absolute atomic E-state index is 0.147. The summed E-state index contributed by atoms with van der Waals surface area (Å²) < 4.78 is 27.2. The molecule has 0 saturated carbocycles. The first-order valence-corrected chi connectivity index (χ1v) is 8.53. The van der Waals surface area contributed by atoms with Crippen molar-refractivity contribution in [1.82, 2.24) is 0 Å². The second-order valence-corrected chi connectivity index (χ2v) is 7.50. The van der Waals surface area contributed by atoms with Gasteiger partial charge in [0.15, 0.2) is 0 Å². The topological polar surface area (TPSA) is 26.0 Å². The van der Waals surface area contributed by atoms with Crippen molar-refractivity contribution in [3.8, 4) is 0 Å². The minimum atomic E-state index is -0.514. The van der Waals surface area contributed by atoms with Crippen LogP contribution in [0, 0.1) is 17.0 Å². The zero-order valence-electron chi connectivity index (χ0n) is 14.4. The molecule has 0 radical (unpaired) electrons. The molecule has 1 rings (SSSR count). The number of rotatable bonds is 9. The molecule has 1 aromatic carbocycles. The molecule has 0 amide bonds. The molecular formula is C19H31F2N. The third kappa shape index (κ3) is 7.77. The van der Waals surface area contributed by atoms with E-state index < -0.39 is 11.6 Å². The third-order valence-corrected chi connectivity index (χ3v) is 4.02. The number of nitrogens with two attached hydrogens (primary N) is 1. The van der Waals surface area contributed by atoms with Gasteiger partial charge in [0.2, 0.25) is 0 Å². The van der Waals surface area contributed by atoms with Gasteiger partial charge in [-0.25, -0.2) is 8.78 Å². The van der Waals surface area contributed by atoms with Crippen LogP contribution in [0.25, 0.3) is 0 Å². The molecule has 0 aliphatic carbocycles. The molecule has 0 atom stereocenters. The molecule has 0 heterocycles. The molecule has 0 aliphatic rings. The van der Waals surface area contributed by atoms with Crippen LogP contribution in [0.2, 0.25) is 0 Å². The summed E-state index contributed by atoms with van der Waals surface area (Å²) in [4.78, 5) is 0. The fourth-order valence-electron chi connectivity index (χ4n) is 2.70. The summed E-state index contributed by atoms with van der Waals surface area (Å²) in [5.41, 5.74) is 6.17. The van der Waals surface area contributed by atoms with E-state index in [1.807, 2.05) is 0 Å². The van der Waals surface area contributed by atoms with Crippen LogP contribution in [0.3, 0.4) is 0 Å². The van der Waals surface area contributed by atoms with Crippen molar-refractivity contribution < 1.29 is 8.78 Å².